The van der Waals surface area contributed by atoms with Gasteiger partial charge in [0, 0.05) is 25.2 Å². The molecule has 0 aromatic heterocycles. The number of thioether (sulfide) groups is 1. The zero-order valence-corrected chi connectivity index (χ0v) is 14.1. The number of unbranched alkanes of at least 4 members (excludes halogenated alkanes) is 3. The molecular weight excluding hydrogens is 252 g/mol. The molecule has 3 heteroatoms. The third kappa shape index (κ3) is 7.01. The molecule has 0 spiro atoms. The molecule has 1 heterocycles. The van der Waals surface area contributed by atoms with Gasteiger partial charge in [-0.3, -0.25) is 4.90 Å². The highest BCUT2D eigenvalue weighted by Gasteiger charge is 2.25. The molecule has 2 nitrogen and oxygen atoms in total. The van der Waals surface area contributed by atoms with Crippen LogP contribution in [-0.4, -0.2) is 48.6 Å². The van der Waals surface area contributed by atoms with Crippen molar-refractivity contribution in [3.05, 3.63) is 0 Å². The van der Waals surface area contributed by atoms with Crippen LogP contribution in [-0.2, 0) is 0 Å². The molecular formula is C16H34N2S. The summed E-state index contributed by atoms with van der Waals surface area (Å²) >= 11 is 1.98. The Morgan fingerprint density at radius 3 is 2.63 bits per heavy atom. The van der Waals surface area contributed by atoms with E-state index in [2.05, 4.69) is 30.3 Å². The Morgan fingerprint density at radius 2 is 1.95 bits per heavy atom. The van der Waals surface area contributed by atoms with Crippen molar-refractivity contribution < 1.29 is 0 Å². The Balaban J connectivity index is 2.19. The minimum absolute atomic E-state index is 0.740. The third-order valence-corrected chi connectivity index (χ3v) is 4.96. The molecule has 0 amide bonds. The average Bonchev–Trinajstić information content (AvgIpc) is 2.43. The molecule has 0 aliphatic carbocycles. The molecule has 2 atom stereocenters. The van der Waals surface area contributed by atoms with E-state index in [0.717, 1.165) is 12.1 Å². The maximum absolute atomic E-state index is 3.72. The van der Waals surface area contributed by atoms with E-state index in [1.165, 1.54) is 70.3 Å². The van der Waals surface area contributed by atoms with Crippen molar-refractivity contribution in [1.29, 1.82) is 0 Å². The van der Waals surface area contributed by atoms with E-state index in [1.54, 1.807) is 0 Å². The van der Waals surface area contributed by atoms with Gasteiger partial charge in [0.2, 0.25) is 0 Å². The average molecular weight is 287 g/mol. The topological polar surface area (TPSA) is 15.3 Å². The van der Waals surface area contributed by atoms with Gasteiger partial charge in [0.1, 0.15) is 0 Å². The summed E-state index contributed by atoms with van der Waals surface area (Å²) in [6.07, 6.45) is 11.8. The second-order valence-corrected chi connectivity index (χ2v) is 6.84. The molecule has 0 aromatic carbocycles. The molecule has 19 heavy (non-hydrogen) atoms. The van der Waals surface area contributed by atoms with E-state index in [1.807, 2.05) is 11.8 Å². The number of rotatable bonds is 10. The lowest BCUT2D eigenvalue weighted by atomic mass is 10.0. The van der Waals surface area contributed by atoms with Crippen molar-refractivity contribution in [2.24, 2.45) is 0 Å². The van der Waals surface area contributed by atoms with E-state index < -0.39 is 0 Å². The standard InChI is InChI=1S/C16H34N2S/c1-4-10-15-14-18(16(5-2)13-17-15)11-8-6-7-9-12-19-3/h15-17H,4-14H2,1-3H3. The highest BCUT2D eigenvalue weighted by Crippen LogP contribution is 2.15. The summed E-state index contributed by atoms with van der Waals surface area (Å²) < 4.78 is 0. The van der Waals surface area contributed by atoms with Crippen molar-refractivity contribution >= 4 is 11.8 Å². The van der Waals surface area contributed by atoms with Gasteiger partial charge in [-0.2, -0.15) is 11.8 Å². The molecule has 0 radical (unpaired) electrons. The largest absolute Gasteiger partial charge is 0.311 e. The Bertz CT molecular complexity index is 211. The first-order valence-corrected chi connectivity index (χ1v) is 9.67. The summed E-state index contributed by atoms with van der Waals surface area (Å²) in [7, 11) is 0. The lowest BCUT2D eigenvalue weighted by Crippen LogP contribution is -2.56. The van der Waals surface area contributed by atoms with Crippen molar-refractivity contribution in [3.8, 4) is 0 Å². The van der Waals surface area contributed by atoms with Crippen LogP contribution in [0.4, 0.5) is 0 Å². The zero-order chi connectivity index (χ0) is 13.9. The van der Waals surface area contributed by atoms with Crippen molar-refractivity contribution in [2.45, 2.75) is 70.9 Å². The molecule has 2 unspecified atom stereocenters. The molecule has 1 N–H and O–H groups in total. The lowest BCUT2D eigenvalue weighted by Gasteiger charge is -2.40. The van der Waals surface area contributed by atoms with Gasteiger partial charge in [0.25, 0.3) is 0 Å². The number of hydrogen-bond donors (Lipinski definition) is 1. The van der Waals surface area contributed by atoms with Crippen LogP contribution in [0.2, 0.25) is 0 Å². The maximum atomic E-state index is 3.72. The smallest absolute Gasteiger partial charge is 0.0218 e. The molecule has 1 aliphatic heterocycles. The zero-order valence-electron chi connectivity index (χ0n) is 13.3. The lowest BCUT2D eigenvalue weighted by molar-refractivity contribution is 0.120. The molecule has 1 fully saturated rings. The first kappa shape index (κ1) is 17.3. The van der Waals surface area contributed by atoms with Gasteiger partial charge in [-0.05, 0) is 44.2 Å². The monoisotopic (exact) mass is 286 g/mol. The summed E-state index contributed by atoms with van der Waals surface area (Å²) in [5, 5.41) is 3.72. The predicted molar refractivity (Wildman–Crippen MR) is 89.2 cm³/mol. The van der Waals surface area contributed by atoms with Gasteiger partial charge in [0.15, 0.2) is 0 Å². The van der Waals surface area contributed by atoms with Crippen LogP contribution in [0.15, 0.2) is 0 Å². The van der Waals surface area contributed by atoms with Crippen LogP contribution < -0.4 is 5.32 Å². The fraction of sp³-hybridized carbons (Fsp3) is 1.00. The molecule has 1 saturated heterocycles. The highest BCUT2D eigenvalue weighted by atomic mass is 32.2. The van der Waals surface area contributed by atoms with Crippen LogP contribution >= 0.6 is 11.8 Å². The Hall–Kier alpha value is 0.270. The van der Waals surface area contributed by atoms with Crippen LogP contribution in [0.1, 0.15) is 58.8 Å². The quantitative estimate of drug-likeness (QED) is 0.616. The SMILES string of the molecule is CCCC1CN(CCCCCCSC)C(CC)CN1. The molecule has 114 valence electrons. The Labute approximate surface area is 125 Å². The molecule has 0 aromatic rings. The van der Waals surface area contributed by atoms with Crippen LogP contribution in [0.5, 0.6) is 0 Å². The van der Waals surface area contributed by atoms with Crippen molar-refractivity contribution in [3.63, 3.8) is 0 Å². The van der Waals surface area contributed by atoms with Gasteiger partial charge in [0.05, 0.1) is 0 Å². The van der Waals surface area contributed by atoms with Crippen LogP contribution in [0.25, 0.3) is 0 Å². The van der Waals surface area contributed by atoms with Gasteiger partial charge in [-0.15, -0.1) is 0 Å². The number of piperazine rings is 1. The van der Waals surface area contributed by atoms with E-state index in [9.17, 15) is 0 Å². The Morgan fingerprint density at radius 1 is 1.16 bits per heavy atom. The second-order valence-electron chi connectivity index (χ2n) is 5.86. The van der Waals surface area contributed by atoms with Gasteiger partial charge < -0.3 is 5.32 Å². The molecule has 0 saturated carbocycles. The summed E-state index contributed by atoms with van der Waals surface area (Å²) in [6, 6.07) is 1.52. The molecule has 0 bridgehead atoms. The van der Waals surface area contributed by atoms with E-state index in [-0.39, 0.29) is 0 Å². The van der Waals surface area contributed by atoms with Crippen molar-refractivity contribution in [2.75, 3.05) is 31.6 Å². The fourth-order valence-electron chi connectivity index (χ4n) is 3.06. The summed E-state index contributed by atoms with van der Waals surface area (Å²) in [5.74, 6) is 1.34. The number of hydrogen-bond acceptors (Lipinski definition) is 3. The van der Waals surface area contributed by atoms with Crippen LogP contribution in [0, 0.1) is 0 Å². The first-order valence-electron chi connectivity index (χ1n) is 8.28. The van der Waals surface area contributed by atoms with Gasteiger partial charge in [-0.1, -0.05) is 33.1 Å². The van der Waals surface area contributed by atoms with Gasteiger partial charge >= 0.3 is 0 Å². The number of nitrogens with zero attached hydrogens (tertiary/aromatic N) is 1. The fourth-order valence-corrected chi connectivity index (χ4v) is 3.55. The Kier molecular flexibility index (Phi) is 10.0. The van der Waals surface area contributed by atoms with E-state index >= 15 is 0 Å². The minimum atomic E-state index is 0.740. The molecule has 1 rings (SSSR count). The van der Waals surface area contributed by atoms with E-state index in [0.29, 0.717) is 0 Å². The van der Waals surface area contributed by atoms with Crippen LogP contribution in [0.3, 0.4) is 0 Å². The van der Waals surface area contributed by atoms with Gasteiger partial charge in [-0.25, -0.2) is 0 Å². The first-order chi connectivity index (χ1) is 9.31. The van der Waals surface area contributed by atoms with Crippen molar-refractivity contribution in [1.82, 2.24) is 10.2 Å². The van der Waals surface area contributed by atoms with E-state index in [4.69, 9.17) is 0 Å². The predicted octanol–water partition coefficient (Wildman–Crippen LogP) is 3.76. The minimum Gasteiger partial charge on any atom is -0.311 e. The summed E-state index contributed by atoms with van der Waals surface area (Å²) in [5.41, 5.74) is 0. The normalized spacial score (nSPS) is 24.8. The summed E-state index contributed by atoms with van der Waals surface area (Å²) in [6.45, 7) is 8.42. The summed E-state index contributed by atoms with van der Waals surface area (Å²) in [4.78, 5) is 2.76. The molecule has 1 aliphatic rings. The maximum Gasteiger partial charge on any atom is 0.0218 e. The second kappa shape index (κ2) is 11.0. The third-order valence-electron chi connectivity index (χ3n) is 4.27. The number of nitrogens with one attached hydrogen (secondary N) is 1. The highest BCUT2D eigenvalue weighted by molar-refractivity contribution is 7.98.